The molecule has 0 unspecified atom stereocenters. The fourth-order valence-electron chi connectivity index (χ4n) is 1.52. The molecule has 3 N–H and O–H groups in total. The van der Waals surface area contributed by atoms with Crippen LogP contribution in [0.5, 0.6) is 5.75 Å². The number of nitrogens with one attached hydrogen (secondary N) is 1. The van der Waals surface area contributed by atoms with Crippen LogP contribution in [0.1, 0.15) is 25.8 Å². The third-order valence-electron chi connectivity index (χ3n) is 2.28. The van der Waals surface area contributed by atoms with Crippen LogP contribution in [0.25, 0.3) is 0 Å². The Balaban J connectivity index is 2.53. The highest BCUT2D eigenvalue weighted by Crippen LogP contribution is 2.16. The van der Waals surface area contributed by atoms with Crippen molar-refractivity contribution in [3.8, 4) is 5.75 Å². The van der Waals surface area contributed by atoms with Crippen molar-refractivity contribution in [1.29, 1.82) is 0 Å². The topological polar surface area (TPSA) is 64.3 Å². The molecule has 1 rings (SSSR count). The zero-order valence-electron chi connectivity index (χ0n) is 10.6. The molecule has 0 aliphatic heterocycles. The van der Waals surface area contributed by atoms with Crippen molar-refractivity contribution in [3.05, 3.63) is 29.8 Å². The second-order valence-electron chi connectivity index (χ2n) is 4.75. The number of nitrogens with two attached hydrogens (primary N) is 1. The Labute approximate surface area is 102 Å². The molecular weight excluding hydrogens is 216 g/mol. The number of benzene rings is 1. The number of hydrogen-bond donors (Lipinski definition) is 2. The van der Waals surface area contributed by atoms with Crippen LogP contribution >= 0.6 is 0 Å². The van der Waals surface area contributed by atoms with E-state index in [9.17, 15) is 4.79 Å². The maximum atomic E-state index is 11.6. The molecule has 0 fully saturated rings. The molecule has 0 saturated carbocycles. The van der Waals surface area contributed by atoms with Crippen LogP contribution in [0.3, 0.4) is 0 Å². The van der Waals surface area contributed by atoms with Crippen LogP contribution in [0.4, 0.5) is 0 Å². The quantitative estimate of drug-likeness (QED) is 0.813. The molecule has 0 bridgehead atoms. The van der Waals surface area contributed by atoms with Crippen molar-refractivity contribution >= 4 is 5.91 Å². The van der Waals surface area contributed by atoms with E-state index in [1.54, 1.807) is 7.11 Å². The van der Waals surface area contributed by atoms with Crippen LogP contribution in [-0.4, -0.2) is 18.6 Å². The summed E-state index contributed by atoms with van der Waals surface area (Å²) in [4.78, 5) is 11.6. The number of carbonyl (C=O) groups is 1. The van der Waals surface area contributed by atoms with E-state index in [2.05, 4.69) is 5.32 Å². The first-order chi connectivity index (χ1) is 7.92. The van der Waals surface area contributed by atoms with Gasteiger partial charge in [0.05, 0.1) is 7.11 Å². The molecule has 17 heavy (non-hydrogen) atoms. The number of rotatable bonds is 5. The van der Waals surface area contributed by atoms with Crippen molar-refractivity contribution in [1.82, 2.24) is 5.32 Å². The Kier molecular flexibility index (Phi) is 4.52. The molecule has 4 heteroatoms. The average Bonchev–Trinajstić information content (AvgIpc) is 2.24. The monoisotopic (exact) mass is 236 g/mol. The molecule has 0 radical (unpaired) electrons. The maximum Gasteiger partial charge on any atom is 0.222 e. The van der Waals surface area contributed by atoms with Gasteiger partial charge in [-0.1, -0.05) is 18.2 Å². The van der Waals surface area contributed by atoms with Gasteiger partial charge in [-0.25, -0.2) is 0 Å². The minimum absolute atomic E-state index is 0.0524. The second-order valence-corrected chi connectivity index (χ2v) is 4.75. The Morgan fingerprint density at radius 1 is 1.41 bits per heavy atom. The third-order valence-corrected chi connectivity index (χ3v) is 2.28. The molecule has 1 aromatic carbocycles. The average molecular weight is 236 g/mol. The SMILES string of the molecule is COc1ccccc1CNC(=O)CC(C)(C)N. The lowest BCUT2D eigenvalue weighted by Gasteiger charge is -2.17. The lowest BCUT2D eigenvalue weighted by atomic mass is 10.0. The molecule has 0 saturated heterocycles. The zero-order valence-corrected chi connectivity index (χ0v) is 10.6. The Hall–Kier alpha value is -1.55. The molecular formula is C13H20N2O2. The van der Waals surface area contributed by atoms with E-state index in [1.807, 2.05) is 38.1 Å². The number of carbonyl (C=O) groups excluding carboxylic acids is 1. The minimum atomic E-state index is -0.481. The van der Waals surface area contributed by atoms with Crippen molar-refractivity contribution < 1.29 is 9.53 Å². The second kappa shape index (κ2) is 5.68. The molecule has 0 aliphatic rings. The van der Waals surface area contributed by atoms with E-state index in [0.717, 1.165) is 11.3 Å². The van der Waals surface area contributed by atoms with E-state index >= 15 is 0 Å². The number of methoxy groups -OCH3 is 1. The van der Waals surface area contributed by atoms with Gasteiger partial charge in [-0.3, -0.25) is 4.79 Å². The van der Waals surface area contributed by atoms with Gasteiger partial charge in [-0.2, -0.15) is 0 Å². The molecule has 0 atom stereocenters. The summed E-state index contributed by atoms with van der Waals surface area (Å²) in [6.45, 7) is 4.12. The number of hydrogen-bond acceptors (Lipinski definition) is 3. The largest absolute Gasteiger partial charge is 0.496 e. The summed E-state index contributed by atoms with van der Waals surface area (Å²) in [7, 11) is 1.61. The molecule has 1 aromatic rings. The van der Waals surface area contributed by atoms with E-state index in [0.29, 0.717) is 13.0 Å². The zero-order chi connectivity index (χ0) is 12.9. The Morgan fingerprint density at radius 3 is 2.65 bits per heavy atom. The van der Waals surface area contributed by atoms with Gasteiger partial charge in [0.25, 0.3) is 0 Å². The number of amides is 1. The standard InChI is InChI=1S/C13H20N2O2/c1-13(2,14)8-12(16)15-9-10-6-4-5-7-11(10)17-3/h4-7H,8-9,14H2,1-3H3,(H,15,16). The van der Waals surface area contributed by atoms with Gasteiger partial charge >= 0.3 is 0 Å². The minimum Gasteiger partial charge on any atom is -0.496 e. The van der Waals surface area contributed by atoms with Crippen LogP contribution in [0.15, 0.2) is 24.3 Å². The van der Waals surface area contributed by atoms with Gasteiger partial charge in [0.1, 0.15) is 5.75 Å². The molecule has 4 nitrogen and oxygen atoms in total. The maximum absolute atomic E-state index is 11.6. The van der Waals surface area contributed by atoms with Gasteiger partial charge in [-0.05, 0) is 19.9 Å². The first-order valence-corrected chi connectivity index (χ1v) is 5.60. The van der Waals surface area contributed by atoms with E-state index in [4.69, 9.17) is 10.5 Å². The van der Waals surface area contributed by atoms with Gasteiger partial charge < -0.3 is 15.8 Å². The van der Waals surface area contributed by atoms with Crippen LogP contribution in [-0.2, 0) is 11.3 Å². The van der Waals surface area contributed by atoms with Crippen molar-refractivity contribution in [2.45, 2.75) is 32.4 Å². The van der Waals surface area contributed by atoms with Crippen molar-refractivity contribution in [2.24, 2.45) is 5.73 Å². The first-order valence-electron chi connectivity index (χ1n) is 5.60. The summed E-state index contributed by atoms with van der Waals surface area (Å²) in [6, 6.07) is 7.60. The summed E-state index contributed by atoms with van der Waals surface area (Å²) in [6.07, 6.45) is 0.308. The summed E-state index contributed by atoms with van der Waals surface area (Å²) >= 11 is 0. The molecule has 1 amide bonds. The summed E-state index contributed by atoms with van der Waals surface area (Å²) in [5.74, 6) is 0.725. The highest BCUT2D eigenvalue weighted by atomic mass is 16.5. The lowest BCUT2D eigenvalue weighted by Crippen LogP contribution is -2.38. The van der Waals surface area contributed by atoms with E-state index in [1.165, 1.54) is 0 Å². The first kappa shape index (κ1) is 13.5. The molecule has 0 aliphatic carbocycles. The van der Waals surface area contributed by atoms with Crippen molar-refractivity contribution in [2.75, 3.05) is 7.11 Å². The van der Waals surface area contributed by atoms with Crippen LogP contribution in [0.2, 0.25) is 0 Å². The smallest absolute Gasteiger partial charge is 0.222 e. The Morgan fingerprint density at radius 2 is 2.06 bits per heavy atom. The predicted molar refractivity (Wildman–Crippen MR) is 67.7 cm³/mol. The number of para-hydroxylation sites is 1. The fourth-order valence-corrected chi connectivity index (χ4v) is 1.52. The molecule has 94 valence electrons. The van der Waals surface area contributed by atoms with E-state index < -0.39 is 5.54 Å². The van der Waals surface area contributed by atoms with Crippen molar-refractivity contribution in [3.63, 3.8) is 0 Å². The number of ether oxygens (including phenoxy) is 1. The summed E-state index contributed by atoms with van der Waals surface area (Å²) < 4.78 is 5.20. The Bertz CT molecular complexity index is 383. The summed E-state index contributed by atoms with van der Waals surface area (Å²) in [5.41, 5.74) is 6.25. The normalized spacial score (nSPS) is 11.1. The highest BCUT2D eigenvalue weighted by molar-refractivity contribution is 5.77. The molecule has 0 aromatic heterocycles. The lowest BCUT2D eigenvalue weighted by molar-refractivity contribution is -0.122. The van der Waals surface area contributed by atoms with Gasteiger partial charge in [-0.15, -0.1) is 0 Å². The van der Waals surface area contributed by atoms with Gasteiger partial charge in [0, 0.05) is 24.1 Å². The third kappa shape index (κ3) is 4.87. The van der Waals surface area contributed by atoms with Crippen LogP contribution in [0, 0.1) is 0 Å². The summed E-state index contributed by atoms with van der Waals surface area (Å²) in [5, 5.41) is 2.83. The fraction of sp³-hybridized carbons (Fsp3) is 0.462. The van der Waals surface area contributed by atoms with Gasteiger partial charge in [0.15, 0.2) is 0 Å². The highest BCUT2D eigenvalue weighted by Gasteiger charge is 2.16. The molecule has 0 heterocycles. The molecule has 0 spiro atoms. The van der Waals surface area contributed by atoms with Gasteiger partial charge in [0.2, 0.25) is 5.91 Å². The van der Waals surface area contributed by atoms with Crippen LogP contribution < -0.4 is 15.8 Å². The van der Waals surface area contributed by atoms with E-state index in [-0.39, 0.29) is 5.91 Å². The predicted octanol–water partition coefficient (Wildman–Crippen LogP) is 1.44.